The van der Waals surface area contributed by atoms with E-state index >= 15 is 0 Å². The SMILES string of the molecule is CNC(=O)c1cc2c(-c3ccc(C(F)(F)F)cc3C(F)(F)F)nc(NC)nc2s1. The molecule has 1 aromatic carbocycles. The zero-order valence-corrected chi connectivity index (χ0v) is 15.6. The monoisotopic (exact) mass is 434 g/mol. The van der Waals surface area contributed by atoms with Gasteiger partial charge in [0.05, 0.1) is 21.7 Å². The van der Waals surface area contributed by atoms with E-state index in [9.17, 15) is 31.1 Å². The number of nitrogens with one attached hydrogen (secondary N) is 2. The number of fused-ring (bicyclic) bond motifs is 1. The third-order valence-corrected chi connectivity index (χ3v) is 5.00. The molecule has 0 saturated carbocycles. The van der Waals surface area contributed by atoms with Crippen LogP contribution in [-0.4, -0.2) is 30.0 Å². The van der Waals surface area contributed by atoms with E-state index in [0.29, 0.717) is 6.07 Å². The summed E-state index contributed by atoms with van der Waals surface area (Å²) < 4.78 is 79.6. The number of carbonyl (C=O) groups is 1. The lowest BCUT2D eigenvalue weighted by Gasteiger charge is -2.16. The molecule has 0 aliphatic carbocycles. The minimum absolute atomic E-state index is 0.0363. The van der Waals surface area contributed by atoms with Crippen molar-refractivity contribution in [1.82, 2.24) is 15.3 Å². The molecule has 0 aliphatic rings. The lowest BCUT2D eigenvalue weighted by molar-refractivity contribution is -0.142. The van der Waals surface area contributed by atoms with E-state index in [1.54, 1.807) is 0 Å². The third-order valence-electron chi connectivity index (χ3n) is 3.97. The Balaban J connectivity index is 2.34. The van der Waals surface area contributed by atoms with E-state index in [-0.39, 0.29) is 32.8 Å². The maximum Gasteiger partial charge on any atom is 0.417 e. The van der Waals surface area contributed by atoms with Crippen LogP contribution in [0.4, 0.5) is 32.3 Å². The molecule has 5 nitrogen and oxygen atoms in total. The summed E-state index contributed by atoms with van der Waals surface area (Å²) in [4.78, 5) is 20.4. The number of nitrogens with zero attached hydrogens (tertiary/aromatic N) is 2. The molecule has 2 N–H and O–H groups in total. The summed E-state index contributed by atoms with van der Waals surface area (Å²) in [6.45, 7) is 0. The number of halogens is 6. The van der Waals surface area contributed by atoms with E-state index < -0.39 is 35.0 Å². The first-order valence-electron chi connectivity index (χ1n) is 7.96. The lowest BCUT2D eigenvalue weighted by atomic mass is 9.99. The molecule has 1 amide bonds. The van der Waals surface area contributed by atoms with Gasteiger partial charge in [0.15, 0.2) is 0 Å². The van der Waals surface area contributed by atoms with Crippen LogP contribution in [0.25, 0.3) is 21.5 Å². The fraction of sp³-hybridized carbons (Fsp3) is 0.235. The van der Waals surface area contributed by atoms with Gasteiger partial charge in [-0.3, -0.25) is 4.79 Å². The molecule has 2 aromatic heterocycles. The van der Waals surface area contributed by atoms with Crippen molar-refractivity contribution in [3.63, 3.8) is 0 Å². The van der Waals surface area contributed by atoms with Crippen molar-refractivity contribution in [2.45, 2.75) is 12.4 Å². The summed E-state index contributed by atoms with van der Waals surface area (Å²) in [5.74, 6) is -0.515. The Morgan fingerprint density at radius 2 is 1.69 bits per heavy atom. The quantitative estimate of drug-likeness (QED) is 0.582. The molecule has 0 bridgehead atoms. The van der Waals surface area contributed by atoms with Crippen molar-refractivity contribution in [3.8, 4) is 11.3 Å². The smallest absolute Gasteiger partial charge is 0.357 e. The van der Waals surface area contributed by atoms with Gasteiger partial charge in [-0.15, -0.1) is 11.3 Å². The van der Waals surface area contributed by atoms with Crippen molar-refractivity contribution in [2.75, 3.05) is 19.4 Å². The summed E-state index contributed by atoms with van der Waals surface area (Å²) in [5, 5.41) is 5.11. The van der Waals surface area contributed by atoms with Gasteiger partial charge in [-0.2, -0.15) is 26.3 Å². The molecule has 0 fully saturated rings. The maximum absolute atomic E-state index is 13.6. The molecule has 0 spiro atoms. The van der Waals surface area contributed by atoms with Gasteiger partial charge in [0, 0.05) is 25.0 Å². The number of benzene rings is 1. The lowest BCUT2D eigenvalue weighted by Crippen LogP contribution is -2.15. The Labute approximate surface area is 163 Å². The second-order valence-electron chi connectivity index (χ2n) is 5.81. The highest BCUT2D eigenvalue weighted by Gasteiger charge is 2.39. The number of hydrogen-bond donors (Lipinski definition) is 2. The molecular formula is C17H12F6N4OS. The number of hydrogen-bond acceptors (Lipinski definition) is 5. The molecule has 0 unspecified atom stereocenters. The zero-order valence-electron chi connectivity index (χ0n) is 14.8. The van der Waals surface area contributed by atoms with Crippen molar-refractivity contribution in [2.24, 2.45) is 0 Å². The number of anilines is 1. The Bertz CT molecular complexity index is 1090. The molecule has 3 aromatic rings. The fourth-order valence-corrected chi connectivity index (χ4v) is 3.61. The normalized spacial score (nSPS) is 12.3. The van der Waals surface area contributed by atoms with Gasteiger partial charge in [0.1, 0.15) is 4.83 Å². The Morgan fingerprint density at radius 3 is 2.24 bits per heavy atom. The van der Waals surface area contributed by atoms with Crippen LogP contribution in [0.1, 0.15) is 20.8 Å². The van der Waals surface area contributed by atoms with E-state index in [2.05, 4.69) is 20.6 Å². The first-order chi connectivity index (χ1) is 13.5. The first kappa shape index (κ1) is 20.8. The molecule has 29 heavy (non-hydrogen) atoms. The Kier molecular flexibility index (Phi) is 5.15. The van der Waals surface area contributed by atoms with Crippen LogP contribution in [-0.2, 0) is 12.4 Å². The third kappa shape index (κ3) is 3.97. The second-order valence-corrected chi connectivity index (χ2v) is 6.84. The van der Waals surface area contributed by atoms with Crippen molar-refractivity contribution >= 4 is 33.4 Å². The molecule has 0 saturated heterocycles. The molecule has 12 heteroatoms. The largest absolute Gasteiger partial charge is 0.417 e. The highest BCUT2D eigenvalue weighted by Crippen LogP contribution is 2.43. The van der Waals surface area contributed by atoms with Gasteiger partial charge >= 0.3 is 12.4 Å². The average Bonchev–Trinajstić information content (AvgIpc) is 3.08. The number of rotatable bonds is 3. The van der Waals surface area contributed by atoms with Gasteiger partial charge in [-0.1, -0.05) is 6.07 Å². The minimum atomic E-state index is -5.06. The maximum atomic E-state index is 13.6. The number of aromatic nitrogens is 2. The van der Waals surface area contributed by atoms with Gasteiger partial charge in [-0.05, 0) is 18.2 Å². The van der Waals surface area contributed by atoms with Crippen LogP contribution < -0.4 is 10.6 Å². The first-order valence-corrected chi connectivity index (χ1v) is 8.77. The minimum Gasteiger partial charge on any atom is -0.357 e. The number of alkyl halides is 6. The van der Waals surface area contributed by atoms with Gasteiger partial charge < -0.3 is 10.6 Å². The molecule has 154 valence electrons. The van der Waals surface area contributed by atoms with Crippen LogP contribution in [0.3, 0.4) is 0 Å². The predicted molar refractivity (Wildman–Crippen MR) is 95.8 cm³/mol. The molecular weight excluding hydrogens is 422 g/mol. The standard InChI is InChI=1S/C17H12F6N4OS/c1-24-13(28)11-6-9-12(26-15(25-2)27-14(9)29-11)8-4-3-7(16(18,19)20)5-10(8)17(21,22)23/h3-6H,1-2H3,(H,24,28)(H,25,26,27). The average molecular weight is 434 g/mol. The number of carbonyl (C=O) groups excluding carboxylic acids is 1. The number of thiophene rings is 1. The summed E-state index contributed by atoms with van der Waals surface area (Å²) in [6, 6.07) is 2.65. The van der Waals surface area contributed by atoms with E-state index in [0.717, 1.165) is 17.4 Å². The Hall–Kier alpha value is -2.89. The van der Waals surface area contributed by atoms with E-state index in [4.69, 9.17) is 0 Å². The van der Waals surface area contributed by atoms with Crippen LogP contribution >= 0.6 is 11.3 Å². The number of amides is 1. The molecule has 0 atom stereocenters. The van der Waals surface area contributed by atoms with E-state index in [1.165, 1.54) is 20.2 Å². The highest BCUT2D eigenvalue weighted by molar-refractivity contribution is 7.20. The second kappa shape index (κ2) is 7.17. The zero-order chi connectivity index (χ0) is 21.6. The molecule has 0 radical (unpaired) electrons. The summed E-state index contributed by atoms with van der Waals surface area (Å²) >= 11 is 0.925. The highest BCUT2D eigenvalue weighted by atomic mass is 32.1. The van der Waals surface area contributed by atoms with Crippen molar-refractivity contribution in [1.29, 1.82) is 0 Å². The van der Waals surface area contributed by atoms with Crippen LogP contribution in [0.5, 0.6) is 0 Å². The van der Waals surface area contributed by atoms with Crippen molar-refractivity contribution in [3.05, 3.63) is 40.3 Å². The predicted octanol–water partition coefficient (Wildman–Crippen LogP) is 4.80. The topological polar surface area (TPSA) is 66.9 Å². The molecule has 0 aliphatic heterocycles. The van der Waals surface area contributed by atoms with Crippen molar-refractivity contribution < 1.29 is 31.1 Å². The van der Waals surface area contributed by atoms with Crippen LogP contribution in [0, 0.1) is 0 Å². The summed E-state index contributed by atoms with van der Waals surface area (Å²) in [5.41, 5.74) is -3.69. The molecule has 2 heterocycles. The fourth-order valence-electron chi connectivity index (χ4n) is 2.64. The van der Waals surface area contributed by atoms with Crippen LogP contribution in [0.2, 0.25) is 0 Å². The Morgan fingerprint density at radius 1 is 1.00 bits per heavy atom. The van der Waals surface area contributed by atoms with Gasteiger partial charge in [0.25, 0.3) is 5.91 Å². The van der Waals surface area contributed by atoms with Gasteiger partial charge in [0.2, 0.25) is 5.95 Å². The van der Waals surface area contributed by atoms with Gasteiger partial charge in [-0.25, -0.2) is 9.97 Å². The summed E-state index contributed by atoms with van der Waals surface area (Å²) in [6.07, 6.45) is -10.0. The molecule has 3 rings (SSSR count). The summed E-state index contributed by atoms with van der Waals surface area (Å²) in [7, 11) is 2.82. The van der Waals surface area contributed by atoms with Crippen LogP contribution in [0.15, 0.2) is 24.3 Å². The van der Waals surface area contributed by atoms with E-state index in [1.807, 2.05) is 0 Å².